The molecular weight excluding hydrogens is 190 g/mol. The number of aryl methyl sites for hydroxylation is 2. The van der Waals surface area contributed by atoms with E-state index in [1.165, 1.54) is 0 Å². The van der Waals surface area contributed by atoms with Gasteiger partial charge in [0, 0.05) is 5.56 Å². The van der Waals surface area contributed by atoms with E-state index in [0.29, 0.717) is 5.75 Å². The number of hydrogen-bond donors (Lipinski definition) is 0. The summed E-state index contributed by atoms with van der Waals surface area (Å²) >= 11 is 0. The molecule has 3 nitrogen and oxygen atoms in total. The zero-order chi connectivity index (χ0) is 10.8. The first-order valence-corrected chi connectivity index (χ1v) is 4.72. The summed E-state index contributed by atoms with van der Waals surface area (Å²) in [5.41, 5.74) is 1.87. The van der Waals surface area contributed by atoms with E-state index in [2.05, 4.69) is 0 Å². The molecule has 0 fully saturated rings. The third-order valence-corrected chi connectivity index (χ3v) is 2.45. The SMILES string of the molecule is Cc1oc2cccc(OCC#N)c2c1C. The van der Waals surface area contributed by atoms with Gasteiger partial charge in [-0.05, 0) is 26.0 Å². The van der Waals surface area contributed by atoms with Gasteiger partial charge in [0.25, 0.3) is 0 Å². The molecule has 0 saturated carbocycles. The van der Waals surface area contributed by atoms with E-state index in [-0.39, 0.29) is 6.61 Å². The average Bonchev–Trinajstić information content (AvgIpc) is 2.53. The van der Waals surface area contributed by atoms with Gasteiger partial charge in [-0.2, -0.15) is 5.26 Å². The topological polar surface area (TPSA) is 46.2 Å². The number of fused-ring (bicyclic) bond motifs is 1. The van der Waals surface area contributed by atoms with Crippen LogP contribution in [-0.2, 0) is 0 Å². The van der Waals surface area contributed by atoms with Crippen LogP contribution in [0.2, 0.25) is 0 Å². The van der Waals surface area contributed by atoms with Crippen LogP contribution >= 0.6 is 0 Å². The number of benzene rings is 1. The van der Waals surface area contributed by atoms with Crippen molar-refractivity contribution in [3.05, 3.63) is 29.5 Å². The fourth-order valence-electron chi connectivity index (χ4n) is 1.61. The Morgan fingerprint density at radius 1 is 1.40 bits per heavy atom. The number of hydrogen-bond acceptors (Lipinski definition) is 3. The van der Waals surface area contributed by atoms with Crippen LogP contribution in [0.25, 0.3) is 11.0 Å². The van der Waals surface area contributed by atoms with Crippen molar-refractivity contribution in [3.8, 4) is 11.8 Å². The fourth-order valence-corrected chi connectivity index (χ4v) is 1.61. The minimum absolute atomic E-state index is 0.0583. The van der Waals surface area contributed by atoms with Gasteiger partial charge < -0.3 is 9.15 Å². The molecule has 1 aromatic heterocycles. The van der Waals surface area contributed by atoms with Gasteiger partial charge in [0.1, 0.15) is 23.2 Å². The summed E-state index contributed by atoms with van der Waals surface area (Å²) in [5.74, 6) is 1.60. The Morgan fingerprint density at radius 2 is 2.20 bits per heavy atom. The lowest BCUT2D eigenvalue weighted by Gasteiger charge is -2.02. The summed E-state index contributed by atoms with van der Waals surface area (Å²) in [5, 5.41) is 9.44. The molecule has 2 aromatic rings. The summed E-state index contributed by atoms with van der Waals surface area (Å²) in [4.78, 5) is 0. The van der Waals surface area contributed by atoms with Gasteiger partial charge in [-0.3, -0.25) is 0 Å². The van der Waals surface area contributed by atoms with E-state index >= 15 is 0 Å². The Morgan fingerprint density at radius 3 is 2.93 bits per heavy atom. The third kappa shape index (κ3) is 1.55. The molecule has 15 heavy (non-hydrogen) atoms. The van der Waals surface area contributed by atoms with Crippen LogP contribution in [-0.4, -0.2) is 6.61 Å². The van der Waals surface area contributed by atoms with Gasteiger partial charge in [-0.1, -0.05) is 6.07 Å². The van der Waals surface area contributed by atoms with E-state index in [4.69, 9.17) is 14.4 Å². The highest BCUT2D eigenvalue weighted by Gasteiger charge is 2.11. The van der Waals surface area contributed by atoms with Crippen molar-refractivity contribution in [1.82, 2.24) is 0 Å². The standard InChI is InChI=1S/C12H11NO2/c1-8-9(2)15-11-5-3-4-10(12(8)11)14-7-6-13/h3-5H,7H2,1-2H3. The second-order valence-electron chi connectivity index (χ2n) is 3.36. The first-order valence-electron chi connectivity index (χ1n) is 4.72. The van der Waals surface area contributed by atoms with E-state index < -0.39 is 0 Å². The number of ether oxygens (including phenoxy) is 1. The second-order valence-corrected chi connectivity index (χ2v) is 3.36. The molecule has 1 heterocycles. The first-order chi connectivity index (χ1) is 7.24. The normalized spacial score (nSPS) is 10.2. The van der Waals surface area contributed by atoms with Crippen molar-refractivity contribution in [1.29, 1.82) is 5.26 Å². The van der Waals surface area contributed by atoms with Crippen molar-refractivity contribution < 1.29 is 9.15 Å². The highest BCUT2D eigenvalue weighted by molar-refractivity contribution is 5.88. The molecule has 3 heteroatoms. The van der Waals surface area contributed by atoms with E-state index in [1.54, 1.807) is 0 Å². The highest BCUT2D eigenvalue weighted by Crippen LogP contribution is 2.32. The maximum absolute atomic E-state index is 8.48. The minimum atomic E-state index is 0.0583. The summed E-state index contributed by atoms with van der Waals surface area (Å²) in [6.07, 6.45) is 0. The van der Waals surface area contributed by atoms with Gasteiger partial charge in [0.15, 0.2) is 6.61 Å². The monoisotopic (exact) mass is 201 g/mol. The van der Waals surface area contributed by atoms with Gasteiger partial charge in [0.05, 0.1) is 5.39 Å². The number of rotatable bonds is 2. The molecule has 0 aliphatic carbocycles. The van der Waals surface area contributed by atoms with Crippen LogP contribution in [0, 0.1) is 25.2 Å². The molecule has 0 spiro atoms. The number of furan rings is 1. The lowest BCUT2D eigenvalue weighted by molar-refractivity contribution is 0.372. The lowest BCUT2D eigenvalue weighted by Crippen LogP contribution is -1.93. The van der Waals surface area contributed by atoms with Crippen LogP contribution in [0.1, 0.15) is 11.3 Å². The van der Waals surface area contributed by atoms with Gasteiger partial charge in [0.2, 0.25) is 0 Å². The zero-order valence-corrected chi connectivity index (χ0v) is 8.70. The third-order valence-electron chi connectivity index (χ3n) is 2.45. The summed E-state index contributed by atoms with van der Waals surface area (Å²) in [7, 11) is 0. The Bertz CT molecular complexity index is 534. The van der Waals surface area contributed by atoms with Crippen LogP contribution in [0.3, 0.4) is 0 Å². The Hall–Kier alpha value is -1.95. The lowest BCUT2D eigenvalue weighted by atomic mass is 10.1. The van der Waals surface area contributed by atoms with Crippen LogP contribution in [0.5, 0.6) is 5.75 Å². The summed E-state index contributed by atoms with van der Waals surface area (Å²) < 4.78 is 10.9. The maximum atomic E-state index is 8.48. The molecule has 0 aliphatic rings. The average molecular weight is 201 g/mol. The first kappa shape index (κ1) is 9.60. The van der Waals surface area contributed by atoms with E-state index in [1.807, 2.05) is 38.1 Å². The Balaban J connectivity index is 2.59. The van der Waals surface area contributed by atoms with Crippen LogP contribution < -0.4 is 4.74 Å². The zero-order valence-electron chi connectivity index (χ0n) is 8.70. The fraction of sp³-hybridized carbons (Fsp3) is 0.250. The molecule has 0 amide bonds. The molecular formula is C12H11NO2. The molecule has 0 N–H and O–H groups in total. The van der Waals surface area contributed by atoms with Crippen molar-refractivity contribution in [2.45, 2.75) is 13.8 Å². The van der Waals surface area contributed by atoms with Crippen LogP contribution in [0.4, 0.5) is 0 Å². The van der Waals surface area contributed by atoms with Gasteiger partial charge >= 0.3 is 0 Å². The Labute approximate surface area is 87.9 Å². The van der Waals surface area contributed by atoms with Crippen molar-refractivity contribution >= 4 is 11.0 Å². The molecule has 0 radical (unpaired) electrons. The van der Waals surface area contributed by atoms with Gasteiger partial charge in [-0.25, -0.2) is 0 Å². The molecule has 0 atom stereocenters. The molecule has 76 valence electrons. The summed E-state index contributed by atoms with van der Waals surface area (Å²) in [6, 6.07) is 7.56. The summed E-state index contributed by atoms with van der Waals surface area (Å²) in [6.45, 7) is 3.96. The minimum Gasteiger partial charge on any atom is -0.478 e. The maximum Gasteiger partial charge on any atom is 0.174 e. The van der Waals surface area contributed by atoms with Crippen molar-refractivity contribution in [2.24, 2.45) is 0 Å². The Kier molecular flexibility index (Phi) is 2.34. The van der Waals surface area contributed by atoms with Gasteiger partial charge in [-0.15, -0.1) is 0 Å². The van der Waals surface area contributed by atoms with Crippen LogP contribution in [0.15, 0.2) is 22.6 Å². The second kappa shape index (κ2) is 3.66. The van der Waals surface area contributed by atoms with E-state index in [9.17, 15) is 0 Å². The molecule has 0 saturated heterocycles. The largest absolute Gasteiger partial charge is 0.478 e. The molecule has 1 aromatic carbocycles. The number of nitriles is 1. The highest BCUT2D eigenvalue weighted by atomic mass is 16.5. The van der Waals surface area contributed by atoms with E-state index in [0.717, 1.165) is 22.3 Å². The quantitative estimate of drug-likeness (QED) is 0.750. The number of nitrogens with zero attached hydrogens (tertiary/aromatic N) is 1. The molecule has 2 rings (SSSR count). The molecule has 0 unspecified atom stereocenters. The van der Waals surface area contributed by atoms with Crippen molar-refractivity contribution in [3.63, 3.8) is 0 Å². The smallest absolute Gasteiger partial charge is 0.174 e. The molecule has 0 aliphatic heterocycles. The van der Waals surface area contributed by atoms with Crippen molar-refractivity contribution in [2.75, 3.05) is 6.61 Å². The predicted molar refractivity (Wildman–Crippen MR) is 56.8 cm³/mol. The predicted octanol–water partition coefficient (Wildman–Crippen LogP) is 2.95. The molecule has 0 bridgehead atoms.